The van der Waals surface area contributed by atoms with Crippen LogP contribution in [0.3, 0.4) is 0 Å². The summed E-state index contributed by atoms with van der Waals surface area (Å²) >= 11 is 0. The van der Waals surface area contributed by atoms with E-state index in [1.165, 1.54) is 19.3 Å². The highest BCUT2D eigenvalue weighted by Gasteiger charge is 2.39. The van der Waals surface area contributed by atoms with Crippen LogP contribution in [0.1, 0.15) is 86.7 Å². The molecule has 0 saturated carbocycles. The summed E-state index contributed by atoms with van der Waals surface area (Å²) in [4.78, 5) is 40.9. The number of hydrogen-bond acceptors (Lipinski definition) is 4. The van der Waals surface area contributed by atoms with Crippen LogP contribution in [0, 0.1) is 0 Å². The van der Waals surface area contributed by atoms with Crippen molar-refractivity contribution < 1.29 is 19.5 Å². The molecule has 7 heteroatoms. The van der Waals surface area contributed by atoms with Gasteiger partial charge in [0.15, 0.2) is 5.78 Å². The number of benzene rings is 4. The lowest BCUT2D eigenvalue weighted by Gasteiger charge is -2.33. The number of unbranched alkanes of at least 4 members (excludes halogenated alkanes) is 5. The number of anilines is 2. The van der Waals surface area contributed by atoms with Gasteiger partial charge in [-0.05, 0) is 53.8 Å². The monoisotopic (exact) mass is 647 g/mol. The Morgan fingerprint density at radius 3 is 2.12 bits per heavy atom. The first-order chi connectivity index (χ1) is 23.3. The number of nitrogens with zero attached hydrogens (tertiary/aromatic N) is 1. The normalized spacial score (nSPS) is 12.1. The van der Waals surface area contributed by atoms with Crippen LogP contribution in [0.25, 0.3) is 11.1 Å². The Balaban J connectivity index is 1.52. The summed E-state index contributed by atoms with van der Waals surface area (Å²) in [6.07, 6.45) is 7.88. The van der Waals surface area contributed by atoms with Gasteiger partial charge in [-0.1, -0.05) is 131 Å². The summed E-state index contributed by atoms with van der Waals surface area (Å²) in [5.41, 5.74) is 3.74. The second-order valence-electron chi connectivity index (χ2n) is 12.5. The number of para-hydroxylation sites is 1. The van der Waals surface area contributed by atoms with E-state index in [9.17, 15) is 19.5 Å². The average molecular weight is 648 g/mol. The van der Waals surface area contributed by atoms with E-state index < -0.39 is 11.5 Å². The van der Waals surface area contributed by atoms with E-state index in [1.54, 1.807) is 42.3 Å². The van der Waals surface area contributed by atoms with Crippen molar-refractivity contribution in [1.29, 1.82) is 0 Å². The first-order valence-electron chi connectivity index (χ1n) is 17.2. The quantitative estimate of drug-likeness (QED) is 0.0738. The molecular weight excluding hydrogens is 598 g/mol. The number of rotatable bonds is 18. The van der Waals surface area contributed by atoms with E-state index in [4.69, 9.17) is 0 Å². The number of hydrogen-bond donors (Lipinski definition) is 3. The number of urea groups is 1. The van der Waals surface area contributed by atoms with Gasteiger partial charge in [0.05, 0.1) is 0 Å². The van der Waals surface area contributed by atoms with Gasteiger partial charge in [-0.15, -0.1) is 0 Å². The molecule has 0 saturated heterocycles. The number of aliphatic carboxylic acids is 1. The second kappa shape index (κ2) is 17.9. The van der Waals surface area contributed by atoms with Gasteiger partial charge in [0.1, 0.15) is 5.54 Å². The SMILES string of the molecule is CCCCCCCNC(=O)N(C)c1cccc(-c2ccc(C[C@](CCCC)(Nc3ccccc3C(=O)c3ccccc3)C(=O)O)cc2)c1. The summed E-state index contributed by atoms with van der Waals surface area (Å²) in [5, 5.41) is 17.1. The Bertz CT molecular complexity index is 1640. The van der Waals surface area contributed by atoms with Crippen molar-refractivity contribution >= 4 is 29.2 Å². The van der Waals surface area contributed by atoms with Gasteiger partial charge in [-0.25, -0.2) is 9.59 Å². The molecule has 3 N–H and O–H groups in total. The third-order valence-corrected chi connectivity index (χ3v) is 8.84. The fourth-order valence-electron chi connectivity index (χ4n) is 5.92. The topological polar surface area (TPSA) is 98.7 Å². The number of carboxylic acids is 1. The molecular formula is C41H49N3O4. The van der Waals surface area contributed by atoms with Crippen LogP contribution in [-0.2, 0) is 11.2 Å². The minimum Gasteiger partial charge on any atom is -0.479 e. The maximum atomic E-state index is 13.4. The highest BCUT2D eigenvalue weighted by molar-refractivity contribution is 6.12. The van der Waals surface area contributed by atoms with Crippen molar-refractivity contribution in [3.8, 4) is 11.1 Å². The minimum atomic E-state index is -1.32. The number of carbonyl (C=O) groups excluding carboxylic acids is 2. The highest BCUT2D eigenvalue weighted by Crippen LogP contribution is 2.31. The van der Waals surface area contributed by atoms with E-state index in [0.29, 0.717) is 36.2 Å². The number of ketones is 1. The average Bonchev–Trinajstić information content (AvgIpc) is 3.12. The van der Waals surface area contributed by atoms with Gasteiger partial charge >= 0.3 is 12.0 Å². The van der Waals surface area contributed by atoms with Crippen LogP contribution in [0.2, 0.25) is 0 Å². The lowest BCUT2D eigenvalue weighted by molar-refractivity contribution is -0.142. The Kier molecular flexibility index (Phi) is 13.4. The molecule has 0 unspecified atom stereocenters. The minimum absolute atomic E-state index is 0.130. The number of nitrogens with one attached hydrogen (secondary N) is 2. The van der Waals surface area contributed by atoms with Crippen LogP contribution in [0.4, 0.5) is 16.2 Å². The summed E-state index contributed by atoms with van der Waals surface area (Å²) in [6.45, 7) is 4.89. The Hall–Kier alpha value is -4.91. The molecule has 4 rings (SSSR count). The first-order valence-corrected chi connectivity index (χ1v) is 17.2. The predicted molar refractivity (Wildman–Crippen MR) is 196 cm³/mol. The summed E-state index contributed by atoms with van der Waals surface area (Å²) in [7, 11) is 1.77. The van der Waals surface area contributed by atoms with E-state index in [2.05, 4.69) is 17.6 Å². The fraction of sp³-hybridized carbons (Fsp3) is 0.341. The predicted octanol–water partition coefficient (Wildman–Crippen LogP) is 9.37. The third kappa shape index (κ3) is 9.57. The van der Waals surface area contributed by atoms with Crippen LogP contribution in [0.15, 0.2) is 103 Å². The number of carbonyl (C=O) groups is 3. The summed E-state index contributed by atoms with van der Waals surface area (Å²) < 4.78 is 0. The molecule has 0 spiro atoms. The fourth-order valence-corrected chi connectivity index (χ4v) is 5.92. The van der Waals surface area contributed by atoms with Gasteiger partial charge in [0, 0.05) is 42.5 Å². The molecule has 0 fully saturated rings. The molecule has 4 aromatic carbocycles. The molecule has 0 bridgehead atoms. The van der Waals surface area contributed by atoms with Crippen LogP contribution < -0.4 is 15.5 Å². The summed E-state index contributed by atoms with van der Waals surface area (Å²) in [5.74, 6) is -1.12. The van der Waals surface area contributed by atoms with Crippen molar-refractivity contribution in [3.05, 3.63) is 120 Å². The Labute approximate surface area is 285 Å². The van der Waals surface area contributed by atoms with E-state index >= 15 is 0 Å². The van der Waals surface area contributed by atoms with Gasteiger partial charge in [0.2, 0.25) is 0 Å². The van der Waals surface area contributed by atoms with E-state index in [0.717, 1.165) is 41.6 Å². The lowest BCUT2D eigenvalue weighted by atomic mass is 9.84. The molecule has 4 aromatic rings. The second-order valence-corrected chi connectivity index (χ2v) is 12.5. The maximum Gasteiger partial charge on any atom is 0.329 e. The zero-order chi connectivity index (χ0) is 34.4. The Morgan fingerprint density at radius 1 is 0.729 bits per heavy atom. The molecule has 7 nitrogen and oxygen atoms in total. The largest absolute Gasteiger partial charge is 0.479 e. The first kappa shape index (κ1) is 35.9. The zero-order valence-corrected chi connectivity index (χ0v) is 28.5. The summed E-state index contributed by atoms with van der Waals surface area (Å²) in [6, 6.07) is 31.8. The van der Waals surface area contributed by atoms with E-state index in [-0.39, 0.29) is 18.2 Å². The van der Waals surface area contributed by atoms with Crippen molar-refractivity contribution in [1.82, 2.24) is 5.32 Å². The molecule has 0 aliphatic rings. The molecule has 0 heterocycles. The number of carboxylic acid groups (broad SMARTS) is 1. The zero-order valence-electron chi connectivity index (χ0n) is 28.5. The van der Waals surface area contributed by atoms with Gasteiger partial charge in [-0.2, -0.15) is 0 Å². The molecule has 0 aliphatic carbocycles. The smallest absolute Gasteiger partial charge is 0.329 e. The van der Waals surface area contributed by atoms with Crippen molar-refractivity contribution in [2.45, 2.75) is 77.2 Å². The molecule has 1 atom stereocenters. The van der Waals surface area contributed by atoms with Crippen molar-refractivity contribution in [3.63, 3.8) is 0 Å². The standard InChI is InChI=1S/C41H49N3O4/c1-4-6-8-9-15-28-42-40(48)44(3)35-20-16-19-34(29-35)32-25-23-31(24-26-32)30-41(39(46)47,27-7-5-2)43-37-22-14-13-21-36(37)38(45)33-17-11-10-12-18-33/h10-14,16-26,29,43H,4-9,15,27-28,30H2,1-3H3,(H,42,48)(H,46,47)/t41-/m0/s1. The number of amides is 2. The van der Waals surface area contributed by atoms with Gasteiger partial charge in [-0.3, -0.25) is 9.69 Å². The highest BCUT2D eigenvalue weighted by atomic mass is 16.4. The van der Waals surface area contributed by atoms with Crippen LogP contribution >= 0.6 is 0 Å². The van der Waals surface area contributed by atoms with Crippen molar-refractivity contribution in [2.75, 3.05) is 23.8 Å². The van der Waals surface area contributed by atoms with Crippen LogP contribution in [-0.4, -0.2) is 42.0 Å². The third-order valence-electron chi connectivity index (χ3n) is 8.84. The molecule has 48 heavy (non-hydrogen) atoms. The van der Waals surface area contributed by atoms with Gasteiger partial charge < -0.3 is 15.7 Å². The van der Waals surface area contributed by atoms with E-state index in [1.807, 2.05) is 79.7 Å². The van der Waals surface area contributed by atoms with Crippen molar-refractivity contribution in [2.24, 2.45) is 0 Å². The molecule has 252 valence electrons. The maximum absolute atomic E-state index is 13.4. The lowest BCUT2D eigenvalue weighted by Crippen LogP contribution is -2.48. The molecule has 0 aromatic heterocycles. The Morgan fingerprint density at radius 2 is 1.42 bits per heavy atom. The molecule has 0 aliphatic heterocycles. The molecule has 0 radical (unpaired) electrons. The molecule has 2 amide bonds. The van der Waals surface area contributed by atoms with Gasteiger partial charge in [0.25, 0.3) is 0 Å². The van der Waals surface area contributed by atoms with Crippen LogP contribution in [0.5, 0.6) is 0 Å².